The molecular formula is C9H8F3NO3. The maximum atomic E-state index is 11.8. The number of halogens is 3. The minimum absolute atomic E-state index is 0.0166. The van der Waals surface area contributed by atoms with Crippen molar-refractivity contribution < 1.29 is 27.4 Å². The van der Waals surface area contributed by atoms with Gasteiger partial charge in [0.2, 0.25) is 0 Å². The van der Waals surface area contributed by atoms with Crippen molar-refractivity contribution in [2.24, 2.45) is 0 Å². The van der Waals surface area contributed by atoms with Crippen LogP contribution in [0.15, 0.2) is 18.2 Å². The molecule has 1 rings (SSSR count). The topological polar surface area (TPSA) is 61.5 Å². The van der Waals surface area contributed by atoms with Gasteiger partial charge in [-0.2, -0.15) is 0 Å². The number of alkyl halides is 3. The second kappa shape index (κ2) is 4.30. The van der Waals surface area contributed by atoms with Gasteiger partial charge in [0.25, 0.3) is 0 Å². The number of hydrogen-bond acceptors (Lipinski definition) is 4. The number of rotatable bonds is 2. The summed E-state index contributed by atoms with van der Waals surface area (Å²) in [5.41, 5.74) is 5.21. The molecule has 0 saturated carbocycles. The number of nitrogen functional groups attached to an aromatic ring is 1. The van der Waals surface area contributed by atoms with Crippen LogP contribution in [-0.2, 0) is 4.74 Å². The van der Waals surface area contributed by atoms with Gasteiger partial charge in [0.1, 0.15) is 5.75 Å². The number of nitrogens with two attached hydrogens (primary N) is 1. The molecule has 7 heteroatoms. The fraction of sp³-hybridized carbons (Fsp3) is 0.222. The Morgan fingerprint density at radius 1 is 1.38 bits per heavy atom. The SMILES string of the molecule is COC(=O)c1ccc(OC(F)(F)F)cc1N. The quantitative estimate of drug-likeness (QED) is 0.628. The van der Waals surface area contributed by atoms with Crippen molar-refractivity contribution in [1.29, 1.82) is 0 Å². The largest absolute Gasteiger partial charge is 0.573 e. The van der Waals surface area contributed by atoms with Crippen molar-refractivity contribution in [1.82, 2.24) is 0 Å². The van der Waals surface area contributed by atoms with E-state index in [9.17, 15) is 18.0 Å². The van der Waals surface area contributed by atoms with Crippen LogP contribution < -0.4 is 10.5 Å². The van der Waals surface area contributed by atoms with Crippen molar-refractivity contribution in [3.05, 3.63) is 23.8 Å². The summed E-state index contributed by atoms with van der Waals surface area (Å²) in [5, 5.41) is 0. The van der Waals surface area contributed by atoms with Gasteiger partial charge in [-0.25, -0.2) is 4.79 Å². The molecule has 0 fully saturated rings. The third kappa shape index (κ3) is 3.04. The summed E-state index contributed by atoms with van der Waals surface area (Å²) < 4.78 is 43.5. The summed E-state index contributed by atoms with van der Waals surface area (Å²) in [6.07, 6.45) is -4.79. The van der Waals surface area contributed by atoms with E-state index in [0.29, 0.717) is 0 Å². The Bertz CT molecular complexity index is 403. The number of methoxy groups -OCH3 is 1. The van der Waals surface area contributed by atoms with E-state index in [1.807, 2.05) is 0 Å². The molecule has 0 unspecified atom stereocenters. The second-order valence-corrected chi connectivity index (χ2v) is 2.79. The van der Waals surface area contributed by atoms with Crippen molar-refractivity contribution in [3.8, 4) is 5.75 Å². The first-order chi connectivity index (χ1) is 7.33. The normalized spacial score (nSPS) is 11.0. The minimum Gasteiger partial charge on any atom is -0.465 e. The second-order valence-electron chi connectivity index (χ2n) is 2.79. The molecule has 16 heavy (non-hydrogen) atoms. The predicted octanol–water partition coefficient (Wildman–Crippen LogP) is 1.95. The highest BCUT2D eigenvalue weighted by Gasteiger charge is 2.31. The molecule has 1 aromatic carbocycles. The molecule has 0 aliphatic heterocycles. The van der Waals surface area contributed by atoms with Crippen LogP contribution in [0.25, 0.3) is 0 Å². The lowest BCUT2D eigenvalue weighted by Gasteiger charge is -2.10. The molecular weight excluding hydrogens is 227 g/mol. The van der Waals surface area contributed by atoms with Crippen molar-refractivity contribution >= 4 is 11.7 Å². The van der Waals surface area contributed by atoms with E-state index < -0.39 is 18.1 Å². The average molecular weight is 235 g/mol. The Morgan fingerprint density at radius 3 is 2.44 bits per heavy atom. The monoisotopic (exact) mass is 235 g/mol. The lowest BCUT2D eigenvalue weighted by atomic mass is 10.2. The van der Waals surface area contributed by atoms with E-state index in [1.165, 1.54) is 0 Å². The molecule has 0 bridgehead atoms. The molecule has 0 spiro atoms. The smallest absolute Gasteiger partial charge is 0.465 e. The highest BCUT2D eigenvalue weighted by atomic mass is 19.4. The molecule has 0 aliphatic rings. The minimum atomic E-state index is -4.79. The zero-order valence-corrected chi connectivity index (χ0v) is 8.17. The van der Waals surface area contributed by atoms with Crippen LogP contribution in [0.2, 0.25) is 0 Å². The highest BCUT2D eigenvalue weighted by molar-refractivity contribution is 5.95. The first-order valence-corrected chi connectivity index (χ1v) is 4.07. The highest BCUT2D eigenvalue weighted by Crippen LogP contribution is 2.26. The maximum absolute atomic E-state index is 11.8. The van der Waals surface area contributed by atoms with E-state index in [4.69, 9.17) is 5.73 Å². The third-order valence-electron chi connectivity index (χ3n) is 1.66. The van der Waals surface area contributed by atoms with Gasteiger partial charge in [-0.1, -0.05) is 0 Å². The summed E-state index contributed by atoms with van der Waals surface area (Å²) >= 11 is 0. The molecule has 0 heterocycles. The number of anilines is 1. The molecule has 1 aromatic rings. The molecule has 0 aliphatic carbocycles. The Balaban J connectivity index is 2.96. The number of hydrogen-bond donors (Lipinski definition) is 1. The molecule has 2 N–H and O–H groups in total. The van der Waals surface area contributed by atoms with Gasteiger partial charge >= 0.3 is 12.3 Å². The van der Waals surface area contributed by atoms with Crippen LogP contribution in [0.5, 0.6) is 5.75 Å². The van der Waals surface area contributed by atoms with Gasteiger partial charge < -0.3 is 15.2 Å². The predicted molar refractivity (Wildman–Crippen MR) is 48.9 cm³/mol. The fourth-order valence-electron chi connectivity index (χ4n) is 1.03. The van der Waals surface area contributed by atoms with E-state index in [1.54, 1.807) is 0 Å². The number of ether oxygens (including phenoxy) is 2. The third-order valence-corrected chi connectivity index (χ3v) is 1.66. The fourth-order valence-corrected chi connectivity index (χ4v) is 1.03. The standard InChI is InChI=1S/C9H8F3NO3/c1-15-8(14)6-3-2-5(4-7(6)13)16-9(10,11)12/h2-4H,13H2,1H3. The number of carbonyl (C=O) groups is 1. The molecule has 0 saturated heterocycles. The number of carbonyl (C=O) groups excluding carboxylic acids is 1. The van der Waals surface area contributed by atoms with Crippen molar-refractivity contribution in [2.75, 3.05) is 12.8 Å². The van der Waals surface area contributed by atoms with Gasteiger partial charge in [-0.3, -0.25) is 0 Å². The first-order valence-electron chi connectivity index (χ1n) is 4.07. The van der Waals surface area contributed by atoms with Crippen LogP contribution in [0.4, 0.5) is 18.9 Å². The number of esters is 1. The molecule has 0 radical (unpaired) electrons. The molecule has 4 nitrogen and oxygen atoms in total. The van der Waals surface area contributed by atoms with Gasteiger partial charge in [-0.05, 0) is 12.1 Å². The average Bonchev–Trinajstić information content (AvgIpc) is 2.14. The zero-order chi connectivity index (χ0) is 12.3. The summed E-state index contributed by atoms with van der Waals surface area (Å²) in [6.45, 7) is 0. The van der Waals surface area contributed by atoms with Gasteiger partial charge in [0, 0.05) is 11.8 Å². The lowest BCUT2D eigenvalue weighted by molar-refractivity contribution is -0.274. The van der Waals surface area contributed by atoms with Gasteiger partial charge in [-0.15, -0.1) is 13.2 Å². The Morgan fingerprint density at radius 2 is 2.00 bits per heavy atom. The van der Waals surface area contributed by atoms with Crippen LogP contribution in [-0.4, -0.2) is 19.4 Å². The summed E-state index contributed by atoms with van der Waals surface area (Å²) in [5.74, 6) is -1.21. The van der Waals surface area contributed by atoms with Crippen molar-refractivity contribution in [3.63, 3.8) is 0 Å². The summed E-state index contributed by atoms with van der Waals surface area (Å²) in [7, 11) is 1.14. The Labute approximate surface area is 88.8 Å². The van der Waals surface area contributed by atoms with Crippen LogP contribution in [0.3, 0.4) is 0 Å². The van der Waals surface area contributed by atoms with E-state index >= 15 is 0 Å². The van der Waals surface area contributed by atoms with Gasteiger partial charge in [0.05, 0.1) is 12.7 Å². The molecule has 0 amide bonds. The van der Waals surface area contributed by atoms with Crippen LogP contribution in [0.1, 0.15) is 10.4 Å². The van der Waals surface area contributed by atoms with Crippen LogP contribution >= 0.6 is 0 Å². The van der Waals surface area contributed by atoms with E-state index in [-0.39, 0.29) is 11.3 Å². The summed E-state index contributed by atoms with van der Waals surface area (Å²) in [6, 6.07) is 2.98. The molecule has 0 aromatic heterocycles. The first kappa shape index (κ1) is 12.2. The van der Waals surface area contributed by atoms with Crippen molar-refractivity contribution in [2.45, 2.75) is 6.36 Å². The molecule has 0 atom stereocenters. The lowest BCUT2D eigenvalue weighted by Crippen LogP contribution is -2.17. The summed E-state index contributed by atoms with van der Waals surface area (Å²) in [4.78, 5) is 11.1. The van der Waals surface area contributed by atoms with E-state index in [2.05, 4.69) is 9.47 Å². The van der Waals surface area contributed by atoms with Gasteiger partial charge in [0.15, 0.2) is 0 Å². The van der Waals surface area contributed by atoms with Crippen LogP contribution in [0, 0.1) is 0 Å². The Hall–Kier alpha value is -1.92. The maximum Gasteiger partial charge on any atom is 0.573 e. The molecule has 88 valence electrons. The number of benzene rings is 1. The van der Waals surface area contributed by atoms with E-state index in [0.717, 1.165) is 25.3 Å². The zero-order valence-electron chi connectivity index (χ0n) is 8.17. The Kier molecular flexibility index (Phi) is 3.26.